The molecule has 76 valence electrons. The molecule has 0 unspecified atom stereocenters. The molecule has 0 atom stereocenters. The number of halogens is 1. The van der Waals surface area contributed by atoms with Gasteiger partial charge in [-0.05, 0) is 12.1 Å². The number of aromatic nitrogens is 1. The molecular weight excluding hydrogens is 214 g/mol. The second-order valence-electron chi connectivity index (χ2n) is 3.08. The molecule has 0 aliphatic heterocycles. The third-order valence-electron chi connectivity index (χ3n) is 2.10. The first kappa shape index (κ1) is 9.80. The number of aliphatic carboxylic acids is 1. The molecule has 1 aromatic heterocycles. The molecule has 0 aliphatic rings. The fourth-order valence-electron chi connectivity index (χ4n) is 1.44. The summed E-state index contributed by atoms with van der Waals surface area (Å²) in [6, 6.07) is 5.50. The molecule has 2 aromatic rings. The van der Waals surface area contributed by atoms with Crippen molar-refractivity contribution in [2.24, 2.45) is 0 Å². The number of aromatic amines is 1. The van der Waals surface area contributed by atoms with Crippen molar-refractivity contribution in [3.05, 3.63) is 41.1 Å². The van der Waals surface area contributed by atoms with E-state index in [0.29, 0.717) is 5.02 Å². The number of carboxylic acids is 1. The van der Waals surface area contributed by atoms with Crippen LogP contribution in [0.15, 0.2) is 30.5 Å². The Balaban J connectivity index is 2.54. The van der Waals surface area contributed by atoms with E-state index in [4.69, 9.17) is 16.7 Å². The Bertz CT molecular complexity index is 543. The largest absolute Gasteiger partial charge is 0.478 e. The van der Waals surface area contributed by atoms with Crippen molar-refractivity contribution >= 4 is 34.5 Å². The lowest BCUT2D eigenvalue weighted by Crippen LogP contribution is -1.84. The Hall–Kier alpha value is -1.74. The highest BCUT2D eigenvalue weighted by molar-refractivity contribution is 6.35. The zero-order valence-corrected chi connectivity index (χ0v) is 8.45. The van der Waals surface area contributed by atoms with Crippen LogP contribution in [0.4, 0.5) is 0 Å². The van der Waals surface area contributed by atoms with E-state index in [9.17, 15) is 4.79 Å². The lowest BCUT2D eigenvalue weighted by atomic mass is 10.1. The van der Waals surface area contributed by atoms with E-state index >= 15 is 0 Å². The molecule has 0 radical (unpaired) electrons. The van der Waals surface area contributed by atoms with Gasteiger partial charge in [0.1, 0.15) is 0 Å². The van der Waals surface area contributed by atoms with Crippen molar-refractivity contribution in [1.29, 1.82) is 0 Å². The molecule has 2 rings (SSSR count). The summed E-state index contributed by atoms with van der Waals surface area (Å²) in [5.41, 5.74) is 1.64. The van der Waals surface area contributed by atoms with Crippen LogP contribution in [-0.2, 0) is 4.79 Å². The molecule has 2 N–H and O–H groups in total. The molecule has 15 heavy (non-hydrogen) atoms. The molecule has 0 fully saturated rings. The molecule has 1 heterocycles. The summed E-state index contributed by atoms with van der Waals surface area (Å²) in [4.78, 5) is 13.4. The topological polar surface area (TPSA) is 53.1 Å². The van der Waals surface area contributed by atoms with E-state index in [0.717, 1.165) is 22.5 Å². The average Bonchev–Trinajstić information content (AvgIpc) is 2.59. The maximum atomic E-state index is 10.4. The highest BCUT2D eigenvalue weighted by atomic mass is 35.5. The number of carboxylic acid groups (broad SMARTS) is 1. The molecule has 4 heteroatoms. The van der Waals surface area contributed by atoms with Gasteiger partial charge in [-0.3, -0.25) is 0 Å². The molecule has 0 saturated carbocycles. The Labute approximate surface area is 91.0 Å². The van der Waals surface area contributed by atoms with E-state index in [-0.39, 0.29) is 0 Å². The fourth-order valence-corrected chi connectivity index (χ4v) is 1.67. The van der Waals surface area contributed by atoms with Gasteiger partial charge in [-0.15, -0.1) is 0 Å². The van der Waals surface area contributed by atoms with Crippen molar-refractivity contribution in [1.82, 2.24) is 4.98 Å². The predicted octanol–water partition coefficient (Wildman–Crippen LogP) is 2.92. The lowest BCUT2D eigenvalue weighted by Gasteiger charge is -1.93. The minimum Gasteiger partial charge on any atom is -0.478 e. The minimum atomic E-state index is -0.966. The maximum absolute atomic E-state index is 10.4. The van der Waals surface area contributed by atoms with Gasteiger partial charge < -0.3 is 10.1 Å². The molecule has 3 nitrogen and oxygen atoms in total. The Kier molecular flexibility index (Phi) is 2.47. The monoisotopic (exact) mass is 221 g/mol. The normalized spacial score (nSPS) is 11.3. The quantitative estimate of drug-likeness (QED) is 0.766. The summed E-state index contributed by atoms with van der Waals surface area (Å²) >= 11 is 5.96. The van der Waals surface area contributed by atoms with Crippen molar-refractivity contribution in [3.8, 4) is 0 Å². The number of rotatable bonds is 2. The number of nitrogens with one attached hydrogen (secondary N) is 1. The van der Waals surface area contributed by atoms with Crippen LogP contribution in [0.1, 0.15) is 5.56 Å². The number of H-pyrrole nitrogens is 1. The summed E-state index contributed by atoms with van der Waals surface area (Å²) in [5.74, 6) is -0.966. The van der Waals surface area contributed by atoms with E-state index < -0.39 is 5.97 Å². The second kappa shape index (κ2) is 3.79. The first-order valence-electron chi connectivity index (χ1n) is 4.35. The number of fused-ring (bicyclic) bond motifs is 1. The number of para-hydroxylation sites is 1. The maximum Gasteiger partial charge on any atom is 0.328 e. The summed E-state index contributed by atoms with van der Waals surface area (Å²) in [6.07, 6.45) is 4.37. The first-order valence-corrected chi connectivity index (χ1v) is 4.73. The fraction of sp³-hybridized carbons (Fsp3) is 0. The average molecular weight is 222 g/mol. The highest BCUT2D eigenvalue weighted by Gasteiger charge is 2.03. The molecule has 0 saturated heterocycles. The first-order chi connectivity index (χ1) is 7.18. The lowest BCUT2D eigenvalue weighted by molar-refractivity contribution is -0.131. The zero-order valence-electron chi connectivity index (χ0n) is 7.70. The van der Waals surface area contributed by atoms with Crippen LogP contribution in [0, 0.1) is 0 Å². The Morgan fingerprint density at radius 3 is 3.00 bits per heavy atom. The summed E-state index contributed by atoms with van der Waals surface area (Å²) in [5, 5.41) is 10.1. The zero-order chi connectivity index (χ0) is 10.8. The third-order valence-corrected chi connectivity index (χ3v) is 2.42. The van der Waals surface area contributed by atoms with Gasteiger partial charge in [-0.2, -0.15) is 0 Å². The van der Waals surface area contributed by atoms with E-state index in [1.165, 1.54) is 6.08 Å². The summed E-state index contributed by atoms with van der Waals surface area (Å²) in [7, 11) is 0. The summed E-state index contributed by atoms with van der Waals surface area (Å²) in [6.45, 7) is 0. The highest BCUT2D eigenvalue weighted by Crippen LogP contribution is 2.25. The van der Waals surface area contributed by atoms with Crippen LogP contribution in [0.2, 0.25) is 5.02 Å². The van der Waals surface area contributed by atoms with Crippen LogP contribution >= 0.6 is 11.6 Å². The van der Waals surface area contributed by atoms with Gasteiger partial charge in [0, 0.05) is 23.2 Å². The van der Waals surface area contributed by atoms with Gasteiger partial charge in [-0.1, -0.05) is 23.7 Å². The number of carbonyl (C=O) groups is 1. The second-order valence-corrected chi connectivity index (χ2v) is 3.49. The Morgan fingerprint density at radius 1 is 1.47 bits per heavy atom. The smallest absolute Gasteiger partial charge is 0.328 e. The number of hydrogen-bond donors (Lipinski definition) is 2. The minimum absolute atomic E-state index is 0.627. The van der Waals surface area contributed by atoms with Crippen molar-refractivity contribution in [2.75, 3.05) is 0 Å². The van der Waals surface area contributed by atoms with E-state index in [1.54, 1.807) is 12.3 Å². The predicted molar refractivity (Wildman–Crippen MR) is 60.0 cm³/mol. The molecule has 1 aromatic carbocycles. The van der Waals surface area contributed by atoms with E-state index in [2.05, 4.69) is 4.98 Å². The number of benzene rings is 1. The van der Waals surface area contributed by atoms with Gasteiger partial charge in [-0.25, -0.2) is 4.79 Å². The molecule has 0 aliphatic carbocycles. The molecular formula is C11H8ClNO2. The summed E-state index contributed by atoms with van der Waals surface area (Å²) < 4.78 is 0. The standard InChI is InChI=1S/C11H8ClNO2/c12-9-3-1-2-8-7(4-5-10(14)15)6-13-11(8)9/h1-6,13H,(H,14,15). The van der Waals surface area contributed by atoms with Crippen LogP contribution in [0.25, 0.3) is 17.0 Å². The van der Waals surface area contributed by atoms with Crippen molar-refractivity contribution < 1.29 is 9.90 Å². The van der Waals surface area contributed by atoms with Crippen LogP contribution < -0.4 is 0 Å². The molecule has 0 bridgehead atoms. The van der Waals surface area contributed by atoms with E-state index in [1.807, 2.05) is 12.1 Å². The van der Waals surface area contributed by atoms with Crippen LogP contribution in [0.3, 0.4) is 0 Å². The van der Waals surface area contributed by atoms with Gasteiger partial charge in [0.15, 0.2) is 0 Å². The molecule has 0 spiro atoms. The van der Waals surface area contributed by atoms with Crippen LogP contribution in [0.5, 0.6) is 0 Å². The van der Waals surface area contributed by atoms with Crippen molar-refractivity contribution in [2.45, 2.75) is 0 Å². The third kappa shape index (κ3) is 1.87. The van der Waals surface area contributed by atoms with Crippen molar-refractivity contribution in [3.63, 3.8) is 0 Å². The SMILES string of the molecule is O=C(O)C=Cc1c[nH]c2c(Cl)cccc12. The molecule has 0 amide bonds. The Morgan fingerprint density at radius 2 is 2.27 bits per heavy atom. The van der Waals surface area contributed by atoms with Gasteiger partial charge >= 0.3 is 5.97 Å². The van der Waals surface area contributed by atoms with Gasteiger partial charge in [0.2, 0.25) is 0 Å². The van der Waals surface area contributed by atoms with Crippen LogP contribution in [-0.4, -0.2) is 16.1 Å². The van der Waals surface area contributed by atoms with Gasteiger partial charge in [0.05, 0.1) is 10.5 Å². The number of hydrogen-bond acceptors (Lipinski definition) is 1. The van der Waals surface area contributed by atoms with Gasteiger partial charge in [0.25, 0.3) is 0 Å².